The normalized spacial score (nSPS) is 11.9. The van der Waals surface area contributed by atoms with Crippen LogP contribution in [0.2, 0.25) is 0 Å². The molecule has 1 aromatic carbocycles. The third kappa shape index (κ3) is 3.35. The summed E-state index contributed by atoms with van der Waals surface area (Å²) in [7, 11) is -3.92. The van der Waals surface area contributed by atoms with Crippen LogP contribution in [-0.2, 0) is 10.0 Å². The molecule has 7 heteroatoms. The molecule has 0 aliphatic carbocycles. The van der Waals surface area contributed by atoms with Crippen LogP contribution in [0.1, 0.15) is 25.0 Å². The summed E-state index contributed by atoms with van der Waals surface area (Å²) < 4.78 is 26.8. The predicted molar refractivity (Wildman–Crippen MR) is 75.8 cm³/mol. The predicted octanol–water partition coefficient (Wildman–Crippen LogP) is 1.90. The Morgan fingerprint density at radius 3 is 2.35 bits per heavy atom. The molecule has 1 N–H and O–H groups in total. The van der Waals surface area contributed by atoms with Gasteiger partial charge in [-0.05, 0) is 39.3 Å². The number of rotatable bonds is 4. The van der Waals surface area contributed by atoms with Gasteiger partial charge in [-0.3, -0.25) is 10.1 Å². The molecular weight excluding hydrogens is 280 g/mol. The number of nitrogens with zero attached hydrogens (tertiary/aromatic N) is 1. The highest BCUT2D eigenvalue weighted by Gasteiger charge is 2.27. The van der Waals surface area contributed by atoms with Gasteiger partial charge >= 0.3 is 0 Å². The van der Waals surface area contributed by atoms with Crippen LogP contribution < -0.4 is 4.72 Å². The molecule has 1 rings (SSSR count). The number of nitro benzene ring substituents is 1. The number of nitrogens with one attached hydrogen (secondary N) is 1. The molecule has 0 radical (unpaired) electrons. The molecule has 0 fully saturated rings. The smallest absolute Gasteiger partial charge is 0.258 e. The Balaban J connectivity index is 3.42. The number of terminal acetylenes is 1. The standard InChI is InChI=1S/C13H16N2O4S/c1-6-13(4,5)14-20(18,19)11-7-9(2)10(3)12(8-11)15(16)17/h1,7-8,14H,2-5H3. The van der Waals surface area contributed by atoms with E-state index in [0.717, 1.165) is 6.07 Å². The average Bonchev–Trinajstić information content (AvgIpc) is 2.30. The Morgan fingerprint density at radius 2 is 1.90 bits per heavy atom. The summed E-state index contributed by atoms with van der Waals surface area (Å²) >= 11 is 0. The van der Waals surface area contributed by atoms with E-state index in [9.17, 15) is 18.5 Å². The highest BCUT2D eigenvalue weighted by Crippen LogP contribution is 2.26. The van der Waals surface area contributed by atoms with E-state index >= 15 is 0 Å². The average molecular weight is 296 g/mol. The first-order valence-corrected chi connectivity index (χ1v) is 7.26. The lowest BCUT2D eigenvalue weighted by Crippen LogP contribution is -2.42. The molecule has 0 amide bonds. The molecule has 0 unspecified atom stereocenters. The third-order valence-electron chi connectivity index (χ3n) is 2.87. The van der Waals surface area contributed by atoms with Gasteiger partial charge in [0.2, 0.25) is 10.0 Å². The summed E-state index contributed by atoms with van der Waals surface area (Å²) in [4.78, 5) is 10.2. The Morgan fingerprint density at radius 1 is 1.35 bits per heavy atom. The summed E-state index contributed by atoms with van der Waals surface area (Å²) in [6.07, 6.45) is 5.24. The van der Waals surface area contributed by atoms with Crippen LogP contribution in [0.25, 0.3) is 0 Å². The summed E-state index contributed by atoms with van der Waals surface area (Å²) in [6, 6.07) is 2.43. The molecule has 0 aliphatic heterocycles. The van der Waals surface area contributed by atoms with Gasteiger partial charge in [0.1, 0.15) is 0 Å². The number of hydrogen-bond acceptors (Lipinski definition) is 4. The van der Waals surface area contributed by atoms with Crippen molar-refractivity contribution in [1.29, 1.82) is 0 Å². The molecule has 0 aromatic heterocycles. The zero-order chi connectivity index (χ0) is 15.7. The molecule has 0 atom stereocenters. The molecule has 6 nitrogen and oxygen atoms in total. The molecular formula is C13H16N2O4S. The first-order valence-electron chi connectivity index (χ1n) is 5.77. The Kier molecular flexibility index (Phi) is 4.22. The monoisotopic (exact) mass is 296 g/mol. The first kappa shape index (κ1) is 16.1. The van der Waals surface area contributed by atoms with Crippen LogP contribution >= 0.6 is 0 Å². The number of aryl methyl sites for hydroxylation is 1. The van der Waals surface area contributed by atoms with Crippen molar-refractivity contribution in [3.05, 3.63) is 33.4 Å². The zero-order valence-electron chi connectivity index (χ0n) is 11.7. The van der Waals surface area contributed by atoms with Gasteiger partial charge in [0.15, 0.2) is 0 Å². The second kappa shape index (κ2) is 5.23. The summed E-state index contributed by atoms with van der Waals surface area (Å²) in [5.41, 5.74) is -0.348. The quantitative estimate of drug-likeness (QED) is 0.522. The van der Waals surface area contributed by atoms with Crippen LogP contribution in [0, 0.1) is 36.3 Å². The van der Waals surface area contributed by atoms with Crippen LogP contribution in [-0.4, -0.2) is 18.9 Å². The van der Waals surface area contributed by atoms with Gasteiger partial charge in [-0.25, -0.2) is 8.42 Å². The summed E-state index contributed by atoms with van der Waals surface area (Å²) in [6.45, 7) is 6.25. The van der Waals surface area contributed by atoms with E-state index in [1.807, 2.05) is 0 Å². The second-order valence-electron chi connectivity index (χ2n) is 5.02. The van der Waals surface area contributed by atoms with Crippen LogP contribution in [0.3, 0.4) is 0 Å². The van der Waals surface area contributed by atoms with Crippen LogP contribution in [0.4, 0.5) is 5.69 Å². The van der Waals surface area contributed by atoms with Gasteiger partial charge < -0.3 is 0 Å². The largest absolute Gasteiger partial charge is 0.273 e. The highest BCUT2D eigenvalue weighted by molar-refractivity contribution is 7.89. The molecule has 0 spiro atoms. The van der Waals surface area contributed by atoms with Crippen molar-refractivity contribution in [3.8, 4) is 12.3 Å². The van der Waals surface area contributed by atoms with E-state index in [-0.39, 0.29) is 10.6 Å². The van der Waals surface area contributed by atoms with Crippen LogP contribution in [0.15, 0.2) is 17.0 Å². The van der Waals surface area contributed by atoms with E-state index in [0.29, 0.717) is 11.1 Å². The van der Waals surface area contributed by atoms with Crippen molar-refractivity contribution in [2.75, 3.05) is 0 Å². The van der Waals surface area contributed by atoms with Crippen molar-refractivity contribution < 1.29 is 13.3 Å². The van der Waals surface area contributed by atoms with Gasteiger partial charge in [-0.15, -0.1) is 6.42 Å². The SMILES string of the molecule is C#CC(C)(C)NS(=O)(=O)c1cc(C)c(C)c([N+](=O)[O-])c1. The third-order valence-corrected chi connectivity index (χ3v) is 4.51. The first-order chi connectivity index (χ1) is 9.00. The van der Waals surface area contributed by atoms with E-state index in [1.54, 1.807) is 13.8 Å². The number of benzene rings is 1. The molecule has 0 saturated carbocycles. The molecule has 0 heterocycles. The van der Waals surface area contributed by atoms with Crippen molar-refractivity contribution in [3.63, 3.8) is 0 Å². The van der Waals surface area contributed by atoms with Crippen molar-refractivity contribution >= 4 is 15.7 Å². The van der Waals surface area contributed by atoms with Gasteiger partial charge in [-0.2, -0.15) is 4.72 Å². The molecule has 108 valence electrons. The lowest BCUT2D eigenvalue weighted by atomic mass is 10.1. The minimum atomic E-state index is -3.92. The Hall–Kier alpha value is -1.91. The summed E-state index contributed by atoms with van der Waals surface area (Å²) in [5.74, 6) is 2.31. The minimum absolute atomic E-state index is 0.171. The molecule has 0 saturated heterocycles. The number of hydrogen-bond donors (Lipinski definition) is 1. The maximum atomic E-state index is 12.2. The fourth-order valence-corrected chi connectivity index (χ4v) is 3.02. The molecule has 0 aliphatic rings. The van der Waals surface area contributed by atoms with E-state index in [2.05, 4.69) is 10.6 Å². The van der Waals surface area contributed by atoms with Crippen molar-refractivity contribution in [2.24, 2.45) is 0 Å². The number of sulfonamides is 1. The fraction of sp³-hybridized carbons (Fsp3) is 0.385. The summed E-state index contributed by atoms with van der Waals surface area (Å²) in [5, 5.41) is 11.0. The molecule has 0 bridgehead atoms. The maximum Gasteiger partial charge on any atom is 0.273 e. The Labute approximate surface area is 118 Å². The topological polar surface area (TPSA) is 89.3 Å². The fourth-order valence-electron chi connectivity index (χ4n) is 1.58. The van der Waals surface area contributed by atoms with Gasteiger partial charge in [-0.1, -0.05) is 5.92 Å². The van der Waals surface area contributed by atoms with E-state index < -0.39 is 20.5 Å². The Bertz CT molecular complexity index is 700. The highest BCUT2D eigenvalue weighted by atomic mass is 32.2. The zero-order valence-corrected chi connectivity index (χ0v) is 12.5. The van der Waals surface area contributed by atoms with Crippen molar-refractivity contribution in [1.82, 2.24) is 4.72 Å². The van der Waals surface area contributed by atoms with Gasteiger partial charge in [0.05, 0.1) is 15.4 Å². The lowest BCUT2D eigenvalue weighted by Gasteiger charge is -2.19. The molecule has 20 heavy (non-hydrogen) atoms. The molecule has 1 aromatic rings. The van der Waals surface area contributed by atoms with Gasteiger partial charge in [0, 0.05) is 11.6 Å². The number of nitro groups is 1. The lowest BCUT2D eigenvalue weighted by molar-refractivity contribution is -0.385. The van der Waals surface area contributed by atoms with E-state index in [4.69, 9.17) is 6.42 Å². The van der Waals surface area contributed by atoms with Gasteiger partial charge in [0.25, 0.3) is 5.69 Å². The van der Waals surface area contributed by atoms with Crippen LogP contribution in [0.5, 0.6) is 0 Å². The second-order valence-corrected chi connectivity index (χ2v) is 6.70. The minimum Gasteiger partial charge on any atom is -0.258 e. The van der Waals surface area contributed by atoms with Crippen molar-refractivity contribution in [2.45, 2.75) is 38.1 Å². The maximum absolute atomic E-state index is 12.2. The van der Waals surface area contributed by atoms with E-state index in [1.165, 1.54) is 19.9 Å².